The van der Waals surface area contributed by atoms with Crippen molar-refractivity contribution in [3.8, 4) is 0 Å². The third kappa shape index (κ3) is 4.07. The van der Waals surface area contributed by atoms with Gasteiger partial charge in [-0.1, -0.05) is 36.2 Å². The van der Waals surface area contributed by atoms with Crippen molar-refractivity contribution >= 4 is 15.9 Å². The monoisotopic (exact) mass is 275 g/mol. The largest absolute Gasteiger partial charge is 0.300 e. The van der Waals surface area contributed by atoms with Gasteiger partial charge in [0, 0.05) is 17.9 Å². The minimum absolute atomic E-state index is 0.636. The maximum atomic E-state index is 3.67. The van der Waals surface area contributed by atoms with Gasteiger partial charge in [-0.05, 0) is 44.6 Å². The molecule has 0 aromatic rings. The average molecular weight is 276 g/mol. The lowest BCUT2D eigenvalue weighted by molar-refractivity contribution is 0.169. The van der Waals surface area contributed by atoms with Crippen LogP contribution in [0.3, 0.4) is 0 Å². The van der Waals surface area contributed by atoms with E-state index in [2.05, 4.69) is 41.6 Å². The second kappa shape index (κ2) is 6.24. The first kappa shape index (κ1) is 13.5. The molecule has 0 spiro atoms. The lowest BCUT2D eigenvalue weighted by atomic mass is 10.1. The van der Waals surface area contributed by atoms with E-state index in [1.54, 1.807) is 0 Å². The Bertz CT molecular complexity index is 177. The summed E-state index contributed by atoms with van der Waals surface area (Å²) in [5.41, 5.74) is 0.636. The molecule has 0 bridgehead atoms. The van der Waals surface area contributed by atoms with Crippen LogP contribution in [0.2, 0.25) is 0 Å². The Labute approximate surface area is 104 Å². The zero-order valence-corrected chi connectivity index (χ0v) is 12.1. The Morgan fingerprint density at radius 3 is 2.40 bits per heavy atom. The van der Waals surface area contributed by atoms with Gasteiger partial charge in [-0.2, -0.15) is 0 Å². The molecule has 1 saturated carbocycles. The fourth-order valence-corrected chi connectivity index (χ4v) is 2.75. The molecule has 0 amide bonds. The molecule has 1 aliphatic carbocycles. The maximum Gasteiger partial charge on any atom is 0.0100 e. The summed E-state index contributed by atoms with van der Waals surface area (Å²) in [6.45, 7) is 9.57. The van der Waals surface area contributed by atoms with E-state index in [4.69, 9.17) is 0 Å². The van der Waals surface area contributed by atoms with Crippen molar-refractivity contribution < 1.29 is 0 Å². The summed E-state index contributed by atoms with van der Waals surface area (Å²) in [7, 11) is 0. The van der Waals surface area contributed by atoms with Crippen LogP contribution in [0, 0.1) is 5.41 Å². The SMILES string of the molecule is CCCCN(CC1(CBr)CC1)C(C)CC. The maximum absolute atomic E-state index is 3.67. The first-order valence-corrected chi connectivity index (χ1v) is 7.59. The van der Waals surface area contributed by atoms with Gasteiger partial charge in [-0.3, -0.25) is 0 Å². The Morgan fingerprint density at radius 1 is 1.33 bits per heavy atom. The van der Waals surface area contributed by atoms with Crippen LogP contribution in [0.1, 0.15) is 52.9 Å². The van der Waals surface area contributed by atoms with E-state index in [1.165, 1.54) is 50.5 Å². The molecule has 1 rings (SSSR count). The molecule has 0 aromatic carbocycles. The molecule has 0 N–H and O–H groups in total. The van der Waals surface area contributed by atoms with Crippen LogP contribution in [0.4, 0.5) is 0 Å². The smallest absolute Gasteiger partial charge is 0.0100 e. The number of unbranched alkanes of at least 4 members (excludes halogenated alkanes) is 1. The molecule has 2 heteroatoms. The molecule has 0 aliphatic heterocycles. The Hall–Kier alpha value is 0.440. The summed E-state index contributed by atoms with van der Waals surface area (Å²) in [4.78, 5) is 2.71. The van der Waals surface area contributed by atoms with Gasteiger partial charge >= 0.3 is 0 Å². The lowest BCUT2D eigenvalue weighted by Gasteiger charge is -2.31. The predicted molar refractivity (Wildman–Crippen MR) is 71.7 cm³/mol. The van der Waals surface area contributed by atoms with Crippen molar-refractivity contribution in [3.05, 3.63) is 0 Å². The molecule has 1 nitrogen and oxygen atoms in total. The Morgan fingerprint density at radius 2 is 2.00 bits per heavy atom. The van der Waals surface area contributed by atoms with Crippen molar-refractivity contribution in [3.63, 3.8) is 0 Å². The average Bonchev–Trinajstić information content (AvgIpc) is 3.03. The van der Waals surface area contributed by atoms with E-state index in [9.17, 15) is 0 Å². The van der Waals surface area contributed by atoms with Gasteiger partial charge in [0.2, 0.25) is 0 Å². The number of hydrogen-bond donors (Lipinski definition) is 0. The molecule has 1 atom stereocenters. The minimum atomic E-state index is 0.636. The van der Waals surface area contributed by atoms with Crippen molar-refractivity contribution in [2.45, 2.75) is 58.9 Å². The highest BCUT2D eigenvalue weighted by molar-refractivity contribution is 9.09. The van der Waals surface area contributed by atoms with Crippen molar-refractivity contribution in [1.29, 1.82) is 0 Å². The highest BCUT2D eigenvalue weighted by Crippen LogP contribution is 2.47. The van der Waals surface area contributed by atoms with Crippen molar-refractivity contribution in [2.24, 2.45) is 5.41 Å². The lowest BCUT2D eigenvalue weighted by Crippen LogP contribution is -2.38. The Kier molecular flexibility index (Phi) is 5.62. The van der Waals surface area contributed by atoms with Gasteiger partial charge in [-0.15, -0.1) is 0 Å². The summed E-state index contributed by atoms with van der Waals surface area (Å²) >= 11 is 3.67. The summed E-state index contributed by atoms with van der Waals surface area (Å²) in [6, 6.07) is 0.757. The zero-order valence-electron chi connectivity index (χ0n) is 10.6. The second-order valence-electron chi connectivity index (χ2n) is 5.21. The minimum Gasteiger partial charge on any atom is -0.300 e. The number of rotatable bonds is 8. The van der Waals surface area contributed by atoms with Crippen LogP contribution in [0.25, 0.3) is 0 Å². The first-order chi connectivity index (χ1) is 7.17. The third-order valence-corrected chi connectivity index (χ3v) is 4.98. The molecule has 1 aliphatic rings. The molecule has 90 valence electrons. The van der Waals surface area contributed by atoms with Crippen molar-refractivity contribution in [2.75, 3.05) is 18.4 Å². The molecule has 0 saturated heterocycles. The molecular weight excluding hydrogens is 250 g/mol. The summed E-state index contributed by atoms with van der Waals surface area (Å²) in [5.74, 6) is 0. The normalized spacial score (nSPS) is 20.6. The van der Waals surface area contributed by atoms with Crippen LogP contribution in [-0.2, 0) is 0 Å². The number of hydrogen-bond acceptors (Lipinski definition) is 1. The van der Waals surface area contributed by atoms with Gasteiger partial charge in [0.05, 0.1) is 0 Å². The third-order valence-electron chi connectivity index (χ3n) is 3.79. The van der Waals surface area contributed by atoms with E-state index in [0.717, 1.165) is 6.04 Å². The molecule has 0 heterocycles. The quantitative estimate of drug-likeness (QED) is 0.604. The van der Waals surface area contributed by atoms with Crippen LogP contribution in [0.5, 0.6) is 0 Å². The van der Waals surface area contributed by atoms with Crippen LogP contribution >= 0.6 is 15.9 Å². The number of halogens is 1. The van der Waals surface area contributed by atoms with Gasteiger partial charge in [0.25, 0.3) is 0 Å². The van der Waals surface area contributed by atoms with Gasteiger partial charge < -0.3 is 4.90 Å². The van der Waals surface area contributed by atoms with Crippen LogP contribution in [-0.4, -0.2) is 29.4 Å². The summed E-state index contributed by atoms with van der Waals surface area (Å²) < 4.78 is 0. The van der Waals surface area contributed by atoms with Crippen molar-refractivity contribution in [1.82, 2.24) is 4.90 Å². The molecule has 0 radical (unpaired) electrons. The standard InChI is InChI=1S/C13H26BrN/c1-4-6-9-15(12(3)5-2)11-13(10-14)7-8-13/h12H,4-11H2,1-3H3. The van der Waals surface area contributed by atoms with Gasteiger partial charge in [0.1, 0.15) is 0 Å². The van der Waals surface area contributed by atoms with Gasteiger partial charge in [-0.25, -0.2) is 0 Å². The molecular formula is C13H26BrN. The zero-order chi connectivity index (χ0) is 11.3. The van der Waals surface area contributed by atoms with Crippen LogP contribution < -0.4 is 0 Å². The Balaban J connectivity index is 2.41. The number of nitrogens with zero attached hydrogens (tertiary/aromatic N) is 1. The fraction of sp³-hybridized carbons (Fsp3) is 1.00. The molecule has 1 fully saturated rings. The topological polar surface area (TPSA) is 3.24 Å². The van der Waals surface area contributed by atoms with E-state index in [-0.39, 0.29) is 0 Å². The summed E-state index contributed by atoms with van der Waals surface area (Å²) in [5, 5.41) is 1.19. The van der Waals surface area contributed by atoms with E-state index in [1.807, 2.05) is 0 Å². The van der Waals surface area contributed by atoms with Crippen LogP contribution in [0.15, 0.2) is 0 Å². The molecule has 1 unspecified atom stereocenters. The molecule has 15 heavy (non-hydrogen) atoms. The first-order valence-electron chi connectivity index (χ1n) is 6.47. The fourth-order valence-electron chi connectivity index (χ4n) is 2.02. The second-order valence-corrected chi connectivity index (χ2v) is 5.78. The van der Waals surface area contributed by atoms with E-state index < -0.39 is 0 Å². The van der Waals surface area contributed by atoms with E-state index >= 15 is 0 Å². The highest BCUT2D eigenvalue weighted by atomic mass is 79.9. The predicted octanol–water partition coefficient (Wildman–Crippen LogP) is 4.06. The van der Waals surface area contributed by atoms with Gasteiger partial charge in [0.15, 0.2) is 0 Å². The highest BCUT2D eigenvalue weighted by Gasteiger charge is 2.43. The van der Waals surface area contributed by atoms with E-state index in [0.29, 0.717) is 5.41 Å². The number of alkyl halides is 1. The molecule has 0 aromatic heterocycles. The summed E-state index contributed by atoms with van der Waals surface area (Å²) in [6.07, 6.45) is 6.80.